The molecule has 0 aromatic carbocycles. The summed E-state index contributed by atoms with van der Waals surface area (Å²) in [7, 11) is 1.71. The fourth-order valence-electron chi connectivity index (χ4n) is 1.33. The van der Waals surface area contributed by atoms with Crippen molar-refractivity contribution in [2.45, 2.75) is 35.6 Å². The Hall–Kier alpha value is 0.620. The second-order valence-corrected chi connectivity index (χ2v) is 6.57. The molecular formula is C9H19NOS2. The Kier molecular flexibility index (Phi) is 4.94. The van der Waals surface area contributed by atoms with Crippen LogP contribution in [0.3, 0.4) is 0 Å². The lowest BCUT2D eigenvalue weighted by atomic mass is 10.2. The third kappa shape index (κ3) is 3.35. The van der Waals surface area contributed by atoms with Gasteiger partial charge in [-0.25, -0.2) is 0 Å². The summed E-state index contributed by atoms with van der Waals surface area (Å²) < 4.78 is 5.07. The van der Waals surface area contributed by atoms with E-state index in [2.05, 4.69) is 13.8 Å². The molecule has 4 unspecified atom stereocenters. The normalized spacial score (nSPS) is 37.4. The molecule has 4 atom stereocenters. The Morgan fingerprint density at radius 1 is 1.46 bits per heavy atom. The van der Waals surface area contributed by atoms with E-state index in [0.29, 0.717) is 17.1 Å². The molecule has 0 aromatic rings. The van der Waals surface area contributed by atoms with Crippen molar-refractivity contribution in [3.8, 4) is 0 Å². The molecule has 1 rings (SSSR count). The summed E-state index contributed by atoms with van der Waals surface area (Å²) in [5.74, 6) is 1.17. The molecule has 13 heavy (non-hydrogen) atoms. The average molecular weight is 221 g/mol. The molecule has 0 bridgehead atoms. The van der Waals surface area contributed by atoms with Gasteiger partial charge in [-0.05, 0) is 0 Å². The molecular weight excluding hydrogens is 202 g/mol. The van der Waals surface area contributed by atoms with Gasteiger partial charge in [-0.2, -0.15) is 23.5 Å². The number of methoxy groups -OCH3 is 1. The first-order valence-electron chi connectivity index (χ1n) is 4.66. The van der Waals surface area contributed by atoms with Crippen LogP contribution in [-0.4, -0.2) is 41.3 Å². The Labute approximate surface area is 89.4 Å². The first-order chi connectivity index (χ1) is 6.15. The highest BCUT2D eigenvalue weighted by Gasteiger charge is 2.29. The number of thioether (sulfide) groups is 2. The number of rotatable bonds is 3. The number of nitrogens with two attached hydrogens (primary N) is 1. The first-order valence-corrected chi connectivity index (χ1v) is 6.66. The lowest BCUT2D eigenvalue weighted by Crippen LogP contribution is -2.42. The van der Waals surface area contributed by atoms with Gasteiger partial charge < -0.3 is 10.5 Å². The highest BCUT2D eigenvalue weighted by atomic mass is 32.2. The molecule has 0 spiro atoms. The fourth-order valence-corrected chi connectivity index (χ4v) is 4.37. The summed E-state index contributed by atoms with van der Waals surface area (Å²) >= 11 is 4.05. The van der Waals surface area contributed by atoms with E-state index in [9.17, 15) is 0 Å². The highest BCUT2D eigenvalue weighted by molar-refractivity contribution is 8.07. The lowest BCUT2D eigenvalue weighted by molar-refractivity contribution is 0.180. The van der Waals surface area contributed by atoms with Gasteiger partial charge in [0, 0.05) is 34.7 Å². The summed E-state index contributed by atoms with van der Waals surface area (Å²) in [6, 6.07) is 0.192. The average Bonchev–Trinajstić information content (AvgIpc) is 2.10. The van der Waals surface area contributed by atoms with Crippen molar-refractivity contribution in [3.63, 3.8) is 0 Å². The van der Waals surface area contributed by atoms with Crippen LogP contribution in [0.4, 0.5) is 0 Å². The quantitative estimate of drug-likeness (QED) is 0.785. The smallest absolute Gasteiger partial charge is 0.0624 e. The number of hydrogen-bond donors (Lipinski definition) is 1. The van der Waals surface area contributed by atoms with Crippen molar-refractivity contribution in [2.75, 3.05) is 19.5 Å². The van der Waals surface area contributed by atoms with E-state index in [1.807, 2.05) is 23.5 Å². The minimum atomic E-state index is 0.192. The molecule has 1 fully saturated rings. The van der Waals surface area contributed by atoms with E-state index >= 15 is 0 Å². The largest absolute Gasteiger partial charge is 0.383 e. The van der Waals surface area contributed by atoms with E-state index in [4.69, 9.17) is 10.5 Å². The van der Waals surface area contributed by atoms with Gasteiger partial charge in [0.2, 0.25) is 0 Å². The molecule has 0 amide bonds. The predicted molar refractivity (Wildman–Crippen MR) is 62.6 cm³/mol. The zero-order valence-corrected chi connectivity index (χ0v) is 10.2. The molecule has 78 valence electrons. The maximum absolute atomic E-state index is 6.01. The van der Waals surface area contributed by atoms with Gasteiger partial charge in [-0.3, -0.25) is 0 Å². The Morgan fingerprint density at radius 2 is 2.15 bits per heavy atom. The van der Waals surface area contributed by atoms with Crippen LogP contribution in [0.5, 0.6) is 0 Å². The van der Waals surface area contributed by atoms with Crippen LogP contribution in [-0.2, 0) is 4.74 Å². The molecule has 2 nitrogen and oxygen atoms in total. The first kappa shape index (κ1) is 11.7. The lowest BCUT2D eigenvalue weighted by Gasteiger charge is -2.34. The van der Waals surface area contributed by atoms with Crippen molar-refractivity contribution < 1.29 is 4.74 Å². The van der Waals surface area contributed by atoms with E-state index in [0.717, 1.165) is 5.25 Å². The molecule has 4 heteroatoms. The molecule has 2 N–H and O–H groups in total. The summed E-state index contributed by atoms with van der Waals surface area (Å²) in [6.07, 6.45) is 0. The molecule has 0 aliphatic carbocycles. The molecule has 0 saturated carbocycles. The Morgan fingerprint density at radius 3 is 2.69 bits per heavy atom. The van der Waals surface area contributed by atoms with Crippen molar-refractivity contribution >= 4 is 23.5 Å². The maximum Gasteiger partial charge on any atom is 0.0624 e. The molecule has 1 heterocycles. The minimum Gasteiger partial charge on any atom is -0.383 e. The monoisotopic (exact) mass is 221 g/mol. The predicted octanol–water partition coefficient (Wildman–Crippen LogP) is 1.59. The molecule has 1 saturated heterocycles. The van der Waals surface area contributed by atoms with Crippen LogP contribution >= 0.6 is 23.5 Å². The van der Waals surface area contributed by atoms with Crippen LogP contribution in [0.15, 0.2) is 0 Å². The number of ether oxygens (including phenoxy) is 1. The van der Waals surface area contributed by atoms with Gasteiger partial charge in [-0.15, -0.1) is 0 Å². The molecule has 1 aliphatic rings. The van der Waals surface area contributed by atoms with E-state index in [1.165, 1.54) is 5.75 Å². The topological polar surface area (TPSA) is 35.2 Å². The highest BCUT2D eigenvalue weighted by Crippen LogP contribution is 2.36. The van der Waals surface area contributed by atoms with Crippen molar-refractivity contribution in [1.82, 2.24) is 0 Å². The fraction of sp³-hybridized carbons (Fsp3) is 1.00. The third-order valence-electron chi connectivity index (χ3n) is 2.41. The standard InChI is InChI=1S/C9H19NOS2/c1-6-7(2)13-9(5-12-6)8(10)4-11-3/h6-9H,4-5,10H2,1-3H3. The molecule has 0 radical (unpaired) electrons. The van der Waals surface area contributed by atoms with Gasteiger partial charge in [0.15, 0.2) is 0 Å². The van der Waals surface area contributed by atoms with E-state index in [-0.39, 0.29) is 6.04 Å². The number of hydrogen-bond acceptors (Lipinski definition) is 4. The second kappa shape index (κ2) is 5.49. The minimum absolute atomic E-state index is 0.192. The zero-order valence-electron chi connectivity index (χ0n) is 8.53. The van der Waals surface area contributed by atoms with Crippen LogP contribution in [0.2, 0.25) is 0 Å². The van der Waals surface area contributed by atoms with Gasteiger partial charge in [0.1, 0.15) is 0 Å². The summed E-state index contributed by atoms with van der Waals surface area (Å²) in [4.78, 5) is 0. The SMILES string of the molecule is COCC(N)C1CSC(C)C(C)S1. The maximum atomic E-state index is 6.01. The van der Waals surface area contributed by atoms with E-state index < -0.39 is 0 Å². The third-order valence-corrected chi connectivity index (χ3v) is 5.98. The summed E-state index contributed by atoms with van der Waals surface area (Å²) in [5.41, 5.74) is 6.01. The Bertz CT molecular complexity index is 157. The van der Waals surface area contributed by atoms with Gasteiger partial charge in [-0.1, -0.05) is 13.8 Å². The van der Waals surface area contributed by atoms with Crippen LogP contribution in [0.1, 0.15) is 13.8 Å². The summed E-state index contributed by atoms with van der Waals surface area (Å²) in [5, 5.41) is 2.04. The van der Waals surface area contributed by atoms with Crippen LogP contribution in [0.25, 0.3) is 0 Å². The molecule has 0 aromatic heterocycles. The van der Waals surface area contributed by atoms with Crippen LogP contribution < -0.4 is 5.73 Å². The van der Waals surface area contributed by atoms with E-state index in [1.54, 1.807) is 7.11 Å². The zero-order chi connectivity index (χ0) is 9.84. The molecule has 1 aliphatic heterocycles. The summed E-state index contributed by atoms with van der Waals surface area (Å²) in [6.45, 7) is 5.26. The van der Waals surface area contributed by atoms with Crippen molar-refractivity contribution in [2.24, 2.45) is 5.73 Å². The van der Waals surface area contributed by atoms with Gasteiger partial charge in [0.05, 0.1) is 6.61 Å². The second-order valence-electron chi connectivity index (χ2n) is 3.54. The van der Waals surface area contributed by atoms with Crippen molar-refractivity contribution in [1.29, 1.82) is 0 Å². The van der Waals surface area contributed by atoms with Gasteiger partial charge in [0.25, 0.3) is 0 Å². The Balaban J connectivity index is 2.36. The van der Waals surface area contributed by atoms with Gasteiger partial charge >= 0.3 is 0 Å². The van der Waals surface area contributed by atoms with Crippen LogP contribution in [0, 0.1) is 0 Å². The van der Waals surface area contributed by atoms with Crippen molar-refractivity contribution in [3.05, 3.63) is 0 Å².